The molecule has 3 heterocycles. The van der Waals surface area contributed by atoms with Crippen LogP contribution in [0.4, 0.5) is 5.69 Å². The number of aromatic nitrogens is 1. The molecule has 1 N–H and O–H groups in total. The highest BCUT2D eigenvalue weighted by Crippen LogP contribution is 2.28. The Hall–Kier alpha value is -2.93. The number of halogens is 1. The van der Waals surface area contributed by atoms with Gasteiger partial charge in [-0.1, -0.05) is 11.6 Å². The summed E-state index contributed by atoms with van der Waals surface area (Å²) < 4.78 is 0. The highest BCUT2D eigenvalue weighted by molar-refractivity contribution is 6.31. The lowest BCUT2D eigenvalue weighted by molar-refractivity contribution is -0.121. The molecule has 0 aliphatic carbocycles. The number of pyridine rings is 1. The second kappa shape index (κ2) is 6.42. The molecule has 26 heavy (non-hydrogen) atoms. The summed E-state index contributed by atoms with van der Waals surface area (Å²) in [6, 6.07) is 7.40. The third-order valence-electron chi connectivity index (χ3n) is 4.61. The summed E-state index contributed by atoms with van der Waals surface area (Å²) in [5.41, 5.74) is 1.25. The van der Waals surface area contributed by atoms with Crippen LogP contribution in [0.1, 0.15) is 20.7 Å². The Morgan fingerprint density at radius 1 is 1.23 bits per heavy atom. The summed E-state index contributed by atoms with van der Waals surface area (Å²) in [7, 11) is 0. The summed E-state index contributed by atoms with van der Waals surface area (Å²) in [5, 5.41) is 3.19. The van der Waals surface area contributed by atoms with Gasteiger partial charge in [0.2, 0.25) is 5.91 Å². The maximum Gasteiger partial charge on any atom is 0.256 e. The Balaban J connectivity index is 1.61. The molecule has 2 aliphatic heterocycles. The van der Waals surface area contributed by atoms with Gasteiger partial charge in [-0.05, 0) is 30.3 Å². The average Bonchev–Trinajstić information content (AvgIpc) is 2.76. The Labute approximate surface area is 154 Å². The summed E-state index contributed by atoms with van der Waals surface area (Å²) in [6.45, 7) is 0.768. The van der Waals surface area contributed by atoms with E-state index >= 15 is 0 Å². The van der Waals surface area contributed by atoms with Gasteiger partial charge in [0.1, 0.15) is 6.04 Å². The third kappa shape index (κ3) is 2.80. The van der Waals surface area contributed by atoms with Crippen molar-refractivity contribution in [3.05, 3.63) is 58.9 Å². The monoisotopic (exact) mass is 370 g/mol. The molecule has 3 amide bonds. The first-order valence-corrected chi connectivity index (χ1v) is 8.53. The van der Waals surface area contributed by atoms with Gasteiger partial charge in [-0.2, -0.15) is 0 Å². The van der Waals surface area contributed by atoms with E-state index in [1.807, 2.05) is 0 Å². The predicted molar refractivity (Wildman–Crippen MR) is 95.0 cm³/mol. The highest BCUT2D eigenvalue weighted by Gasteiger charge is 2.40. The predicted octanol–water partition coefficient (Wildman–Crippen LogP) is 1.65. The van der Waals surface area contributed by atoms with Gasteiger partial charge >= 0.3 is 0 Å². The largest absolute Gasteiger partial charge is 0.334 e. The van der Waals surface area contributed by atoms with Crippen molar-refractivity contribution in [1.29, 1.82) is 0 Å². The minimum Gasteiger partial charge on any atom is -0.334 e. The molecule has 1 saturated heterocycles. The number of amides is 3. The minimum absolute atomic E-state index is 0.132. The van der Waals surface area contributed by atoms with Crippen LogP contribution in [0.5, 0.6) is 0 Å². The van der Waals surface area contributed by atoms with E-state index in [9.17, 15) is 14.4 Å². The van der Waals surface area contributed by atoms with E-state index in [0.717, 1.165) is 0 Å². The third-order valence-corrected chi connectivity index (χ3v) is 4.84. The number of rotatable bonds is 1. The van der Waals surface area contributed by atoms with E-state index in [-0.39, 0.29) is 30.8 Å². The van der Waals surface area contributed by atoms with Crippen LogP contribution in [-0.4, -0.2) is 58.2 Å². The number of anilines is 1. The minimum atomic E-state index is -0.747. The standard InChI is InChI=1S/C18H15ClN4O3/c19-12-3-4-13-14(8-12)21-16(24)15-10-22(6-7-23(15)18(13)26)17(25)11-2-1-5-20-9-11/h1-5,8-9,15H,6-7,10H2,(H,21,24)/t15-/m1/s1. The van der Waals surface area contributed by atoms with Crippen LogP contribution in [-0.2, 0) is 4.79 Å². The molecule has 8 heteroatoms. The lowest BCUT2D eigenvalue weighted by atomic mass is 10.1. The zero-order valence-electron chi connectivity index (χ0n) is 13.7. The topological polar surface area (TPSA) is 82.6 Å². The van der Waals surface area contributed by atoms with E-state index in [4.69, 9.17) is 11.6 Å². The molecule has 1 aromatic carbocycles. The second-order valence-corrected chi connectivity index (χ2v) is 6.62. The van der Waals surface area contributed by atoms with Crippen LogP contribution in [0.2, 0.25) is 5.02 Å². The molecule has 1 fully saturated rings. The SMILES string of the molecule is O=C1Nc2cc(Cl)ccc2C(=O)N2CCN(C(=O)c3cccnc3)C[C@H]12. The van der Waals surface area contributed by atoms with Gasteiger partial charge in [-0.15, -0.1) is 0 Å². The fourth-order valence-electron chi connectivity index (χ4n) is 3.28. The molecule has 0 spiro atoms. The van der Waals surface area contributed by atoms with Crippen molar-refractivity contribution < 1.29 is 14.4 Å². The molecule has 132 valence electrons. The molecule has 7 nitrogen and oxygen atoms in total. The molecule has 1 atom stereocenters. The van der Waals surface area contributed by atoms with Crippen LogP contribution >= 0.6 is 11.6 Å². The van der Waals surface area contributed by atoms with E-state index in [2.05, 4.69) is 10.3 Å². The molecule has 0 radical (unpaired) electrons. The van der Waals surface area contributed by atoms with Gasteiger partial charge in [0.05, 0.1) is 23.4 Å². The highest BCUT2D eigenvalue weighted by atomic mass is 35.5. The normalized spacial score (nSPS) is 19.3. The molecular formula is C18H15ClN4O3. The first-order chi connectivity index (χ1) is 12.5. The average molecular weight is 371 g/mol. The van der Waals surface area contributed by atoms with E-state index in [1.165, 1.54) is 11.1 Å². The van der Waals surface area contributed by atoms with Crippen molar-refractivity contribution in [2.45, 2.75) is 6.04 Å². The summed E-state index contributed by atoms with van der Waals surface area (Å²) in [6.07, 6.45) is 3.08. The van der Waals surface area contributed by atoms with Gasteiger partial charge in [0.25, 0.3) is 11.8 Å². The van der Waals surface area contributed by atoms with Crippen molar-refractivity contribution in [2.24, 2.45) is 0 Å². The van der Waals surface area contributed by atoms with Crippen LogP contribution in [0.3, 0.4) is 0 Å². The molecule has 0 saturated carbocycles. The van der Waals surface area contributed by atoms with Crippen molar-refractivity contribution in [2.75, 3.05) is 25.0 Å². The van der Waals surface area contributed by atoms with Crippen molar-refractivity contribution >= 4 is 35.0 Å². The van der Waals surface area contributed by atoms with E-state index < -0.39 is 6.04 Å². The molecule has 0 unspecified atom stereocenters. The van der Waals surface area contributed by atoms with E-state index in [1.54, 1.807) is 41.4 Å². The zero-order valence-corrected chi connectivity index (χ0v) is 14.4. The van der Waals surface area contributed by atoms with E-state index in [0.29, 0.717) is 28.4 Å². The smallest absolute Gasteiger partial charge is 0.256 e. The van der Waals surface area contributed by atoms with Gasteiger partial charge in [0.15, 0.2) is 0 Å². The number of hydrogen-bond donors (Lipinski definition) is 1. The number of carbonyl (C=O) groups excluding carboxylic acids is 3. The summed E-state index contributed by atoms with van der Waals surface area (Å²) in [4.78, 5) is 45.2. The quantitative estimate of drug-likeness (QED) is 0.827. The zero-order chi connectivity index (χ0) is 18.3. The Morgan fingerprint density at radius 2 is 2.08 bits per heavy atom. The number of hydrogen-bond acceptors (Lipinski definition) is 4. The van der Waals surface area contributed by atoms with Crippen LogP contribution in [0, 0.1) is 0 Å². The van der Waals surface area contributed by atoms with Crippen molar-refractivity contribution in [3.63, 3.8) is 0 Å². The van der Waals surface area contributed by atoms with Gasteiger partial charge in [-0.3, -0.25) is 19.4 Å². The number of fused-ring (bicyclic) bond motifs is 2. The molecule has 0 bridgehead atoms. The van der Waals surface area contributed by atoms with Crippen LogP contribution in [0.15, 0.2) is 42.7 Å². The molecular weight excluding hydrogens is 356 g/mol. The number of benzene rings is 1. The lowest BCUT2D eigenvalue weighted by Crippen LogP contribution is -2.59. The van der Waals surface area contributed by atoms with Crippen molar-refractivity contribution in [1.82, 2.24) is 14.8 Å². The Bertz CT molecular complexity index is 903. The number of nitrogens with one attached hydrogen (secondary N) is 1. The second-order valence-electron chi connectivity index (χ2n) is 6.19. The first-order valence-electron chi connectivity index (χ1n) is 8.15. The Kier molecular flexibility index (Phi) is 4.08. The lowest BCUT2D eigenvalue weighted by Gasteiger charge is -2.39. The van der Waals surface area contributed by atoms with Gasteiger partial charge < -0.3 is 15.1 Å². The summed E-state index contributed by atoms with van der Waals surface area (Å²) in [5.74, 6) is -0.778. The molecule has 2 aromatic rings. The maximum atomic E-state index is 12.9. The van der Waals surface area contributed by atoms with Crippen molar-refractivity contribution in [3.8, 4) is 0 Å². The molecule has 2 aliphatic rings. The number of piperazine rings is 1. The fourth-order valence-corrected chi connectivity index (χ4v) is 3.46. The number of nitrogens with zero attached hydrogens (tertiary/aromatic N) is 3. The van der Waals surface area contributed by atoms with Gasteiger partial charge in [0, 0.05) is 30.5 Å². The number of carbonyl (C=O) groups is 3. The van der Waals surface area contributed by atoms with Crippen LogP contribution in [0.25, 0.3) is 0 Å². The first kappa shape index (κ1) is 16.5. The maximum absolute atomic E-state index is 12.9. The molecule has 4 rings (SSSR count). The fraction of sp³-hybridized carbons (Fsp3) is 0.222. The Morgan fingerprint density at radius 3 is 2.85 bits per heavy atom. The van der Waals surface area contributed by atoms with Crippen LogP contribution < -0.4 is 5.32 Å². The summed E-state index contributed by atoms with van der Waals surface area (Å²) >= 11 is 5.98. The van der Waals surface area contributed by atoms with Gasteiger partial charge in [-0.25, -0.2) is 0 Å². The molecule has 1 aromatic heterocycles.